The van der Waals surface area contributed by atoms with Crippen LogP contribution < -0.4 is 5.32 Å². The molecule has 0 aliphatic rings. The van der Waals surface area contributed by atoms with Crippen LogP contribution >= 0.6 is 0 Å². The Bertz CT molecular complexity index is 442. The first-order valence-corrected chi connectivity index (χ1v) is 6.44. The molecule has 0 aromatic heterocycles. The van der Waals surface area contributed by atoms with E-state index in [2.05, 4.69) is 5.32 Å². The summed E-state index contributed by atoms with van der Waals surface area (Å²) in [6.07, 6.45) is -1.14. The van der Waals surface area contributed by atoms with E-state index in [9.17, 15) is 18.9 Å². The van der Waals surface area contributed by atoms with Gasteiger partial charge in [-0.3, -0.25) is 10.1 Å². The third kappa shape index (κ3) is 5.08. The van der Waals surface area contributed by atoms with Crippen LogP contribution in [0.2, 0.25) is 0 Å². The highest BCUT2D eigenvalue weighted by molar-refractivity contribution is 5.56. The van der Waals surface area contributed by atoms with Crippen molar-refractivity contribution in [3.8, 4) is 0 Å². The molecule has 0 saturated heterocycles. The molecule has 0 saturated carbocycles. The van der Waals surface area contributed by atoms with Gasteiger partial charge >= 0.3 is 0 Å². The molecule has 1 aromatic carbocycles. The summed E-state index contributed by atoms with van der Waals surface area (Å²) in [5.41, 5.74) is -0.466. The molecule has 0 radical (unpaired) electrons. The molecule has 0 unspecified atom stereocenters. The predicted octanol–water partition coefficient (Wildman–Crippen LogP) is 3.76. The highest BCUT2D eigenvalue weighted by Crippen LogP contribution is 2.30. The summed E-state index contributed by atoms with van der Waals surface area (Å²) in [5.74, 6) is 0. The zero-order chi connectivity index (χ0) is 15.0. The van der Waals surface area contributed by atoms with Gasteiger partial charge in [0.05, 0.1) is 4.92 Å². The fourth-order valence-electron chi connectivity index (χ4n) is 1.65. The molecule has 0 amide bonds. The van der Waals surface area contributed by atoms with Crippen molar-refractivity contribution in [3.05, 3.63) is 33.9 Å². The lowest BCUT2D eigenvalue weighted by Crippen LogP contribution is -2.08. The molecule has 1 rings (SSSR count). The lowest BCUT2D eigenvalue weighted by atomic mass is 10.1. The minimum Gasteiger partial charge on any atom is -0.385 e. The van der Waals surface area contributed by atoms with Crippen LogP contribution in [0.4, 0.5) is 20.2 Å². The van der Waals surface area contributed by atoms with Crippen molar-refractivity contribution < 1.29 is 18.4 Å². The van der Waals surface area contributed by atoms with Gasteiger partial charge in [-0.25, -0.2) is 8.78 Å². The van der Waals surface area contributed by atoms with E-state index in [1.54, 1.807) is 0 Å². The van der Waals surface area contributed by atoms with E-state index in [1.807, 2.05) is 6.92 Å². The van der Waals surface area contributed by atoms with E-state index in [0.717, 1.165) is 12.5 Å². The Hall–Kier alpha value is -1.76. The normalized spacial score (nSPS) is 10.8. The molecule has 0 atom stereocenters. The van der Waals surface area contributed by atoms with Crippen molar-refractivity contribution in [1.29, 1.82) is 0 Å². The third-order valence-electron chi connectivity index (χ3n) is 2.61. The highest BCUT2D eigenvalue weighted by Gasteiger charge is 2.17. The standard InChI is InChI=1S/C13H18F2N2O3/c1-2-7-20-8-3-6-16-12-5-4-10(17(18)19)9-11(12)13(14)15/h4-5,9,13,16H,2-3,6-8H2,1H3. The zero-order valence-corrected chi connectivity index (χ0v) is 11.3. The van der Waals surface area contributed by atoms with E-state index in [0.29, 0.717) is 26.2 Å². The van der Waals surface area contributed by atoms with E-state index in [-0.39, 0.29) is 16.9 Å². The summed E-state index contributed by atoms with van der Waals surface area (Å²) in [4.78, 5) is 9.89. The molecule has 7 heteroatoms. The number of nitrogens with one attached hydrogen (secondary N) is 1. The fourth-order valence-corrected chi connectivity index (χ4v) is 1.65. The first-order chi connectivity index (χ1) is 9.56. The van der Waals surface area contributed by atoms with Crippen molar-refractivity contribution in [1.82, 2.24) is 0 Å². The molecular weight excluding hydrogens is 270 g/mol. The van der Waals surface area contributed by atoms with Gasteiger partial charge in [0.15, 0.2) is 0 Å². The van der Waals surface area contributed by atoms with Gasteiger partial charge in [-0.15, -0.1) is 0 Å². The zero-order valence-electron chi connectivity index (χ0n) is 11.3. The van der Waals surface area contributed by atoms with Crippen LogP contribution in [0.15, 0.2) is 18.2 Å². The van der Waals surface area contributed by atoms with Crippen LogP contribution in [-0.4, -0.2) is 24.7 Å². The van der Waals surface area contributed by atoms with Gasteiger partial charge in [0.1, 0.15) is 0 Å². The molecule has 0 bridgehead atoms. The number of nitro groups is 1. The van der Waals surface area contributed by atoms with Crippen molar-refractivity contribution >= 4 is 11.4 Å². The first kappa shape index (κ1) is 16.3. The average Bonchev–Trinajstić information content (AvgIpc) is 2.42. The van der Waals surface area contributed by atoms with Crippen LogP contribution in [0.3, 0.4) is 0 Å². The molecule has 0 aliphatic heterocycles. The topological polar surface area (TPSA) is 64.4 Å². The summed E-state index contributed by atoms with van der Waals surface area (Å²) < 4.78 is 31.0. The largest absolute Gasteiger partial charge is 0.385 e. The van der Waals surface area contributed by atoms with Gasteiger partial charge in [0.25, 0.3) is 12.1 Å². The monoisotopic (exact) mass is 288 g/mol. The maximum atomic E-state index is 12.9. The molecule has 1 N–H and O–H groups in total. The van der Waals surface area contributed by atoms with Gasteiger partial charge in [-0.1, -0.05) is 6.92 Å². The summed E-state index contributed by atoms with van der Waals surface area (Å²) in [5, 5.41) is 13.4. The molecule has 5 nitrogen and oxygen atoms in total. The van der Waals surface area contributed by atoms with Crippen molar-refractivity contribution in [2.75, 3.05) is 25.1 Å². The fraction of sp³-hybridized carbons (Fsp3) is 0.538. The number of nitrogens with zero attached hydrogens (tertiary/aromatic N) is 1. The van der Waals surface area contributed by atoms with Crippen LogP contribution in [-0.2, 0) is 4.74 Å². The van der Waals surface area contributed by atoms with Crippen molar-refractivity contribution in [2.45, 2.75) is 26.2 Å². The van der Waals surface area contributed by atoms with Gasteiger partial charge in [0, 0.05) is 43.1 Å². The van der Waals surface area contributed by atoms with Gasteiger partial charge in [-0.2, -0.15) is 0 Å². The Kier molecular flexibility index (Phi) is 6.86. The Morgan fingerprint density at radius 1 is 1.40 bits per heavy atom. The second kappa shape index (κ2) is 8.42. The minimum absolute atomic E-state index is 0.223. The number of hydrogen-bond acceptors (Lipinski definition) is 4. The lowest BCUT2D eigenvalue weighted by molar-refractivity contribution is -0.385. The highest BCUT2D eigenvalue weighted by atomic mass is 19.3. The molecule has 20 heavy (non-hydrogen) atoms. The van der Waals surface area contributed by atoms with E-state index >= 15 is 0 Å². The molecular formula is C13H18F2N2O3. The van der Waals surface area contributed by atoms with E-state index in [4.69, 9.17) is 4.74 Å². The predicted molar refractivity (Wildman–Crippen MR) is 72.3 cm³/mol. The molecule has 1 aromatic rings. The summed E-state index contributed by atoms with van der Waals surface area (Å²) in [7, 11) is 0. The smallest absolute Gasteiger partial charge is 0.270 e. The molecule has 0 aliphatic carbocycles. The maximum absolute atomic E-state index is 12.9. The number of rotatable bonds is 9. The lowest BCUT2D eigenvalue weighted by Gasteiger charge is -2.11. The van der Waals surface area contributed by atoms with E-state index < -0.39 is 11.3 Å². The third-order valence-corrected chi connectivity index (χ3v) is 2.61. The second-order valence-corrected chi connectivity index (χ2v) is 4.22. The minimum atomic E-state index is -2.76. The van der Waals surface area contributed by atoms with Crippen LogP contribution in [0.25, 0.3) is 0 Å². The number of ether oxygens (including phenoxy) is 1. The molecule has 0 heterocycles. The number of anilines is 1. The quantitative estimate of drug-likeness (QED) is 0.427. The number of nitro benzene ring substituents is 1. The summed E-state index contributed by atoms with van der Waals surface area (Å²) >= 11 is 0. The number of hydrogen-bond donors (Lipinski definition) is 1. The maximum Gasteiger partial charge on any atom is 0.270 e. The van der Waals surface area contributed by atoms with Gasteiger partial charge in [0.2, 0.25) is 0 Å². The Morgan fingerprint density at radius 3 is 2.75 bits per heavy atom. The number of non-ortho nitro benzene ring substituents is 1. The SMILES string of the molecule is CCCOCCCNc1ccc([N+](=O)[O-])cc1C(F)F. The van der Waals surface area contributed by atoms with Crippen molar-refractivity contribution in [2.24, 2.45) is 0 Å². The molecule has 0 fully saturated rings. The van der Waals surface area contributed by atoms with Gasteiger partial charge < -0.3 is 10.1 Å². The van der Waals surface area contributed by atoms with Crippen molar-refractivity contribution in [3.63, 3.8) is 0 Å². The molecule has 0 spiro atoms. The second-order valence-electron chi connectivity index (χ2n) is 4.22. The Balaban J connectivity index is 2.58. The van der Waals surface area contributed by atoms with Crippen LogP contribution in [0.5, 0.6) is 0 Å². The first-order valence-electron chi connectivity index (χ1n) is 6.44. The number of benzene rings is 1. The summed E-state index contributed by atoms with van der Waals surface area (Å²) in [6.45, 7) is 3.71. The van der Waals surface area contributed by atoms with Crippen LogP contribution in [0, 0.1) is 10.1 Å². The number of halogens is 2. The summed E-state index contributed by atoms with van der Waals surface area (Å²) in [6, 6.07) is 3.43. The Morgan fingerprint density at radius 2 is 2.15 bits per heavy atom. The number of alkyl halides is 2. The average molecular weight is 288 g/mol. The Labute approximate surface area is 116 Å². The van der Waals surface area contributed by atoms with Crippen LogP contribution in [0.1, 0.15) is 31.8 Å². The van der Waals surface area contributed by atoms with E-state index in [1.165, 1.54) is 12.1 Å². The van der Waals surface area contributed by atoms with Gasteiger partial charge in [-0.05, 0) is 18.9 Å². The molecule has 112 valence electrons.